The number of carbonyl (C=O) groups excluding carboxylic acids is 1. The van der Waals surface area contributed by atoms with E-state index < -0.39 is 0 Å². The van der Waals surface area contributed by atoms with Crippen molar-refractivity contribution in [2.24, 2.45) is 5.92 Å². The molecular formula is C15H23ClN4O3. The zero-order valence-corrected chi connectivity index (χ0v) is 13.8. The van der Waals surface area contributed by atoms with Crippen LogP contribution >= 0.6 is 11.6 Å². The van der Waals surface area contributed by atoms with Crippen LogP contribution in [-0.2, 0) is 20.7 Å². The van der Waals surface area contributed by atoms with E-state index in [4.69, 9.17) is 21.1 Å². The maximum atomic E-state index is 12.1. The molecule has 2 fully saturated rings. The Morgan fingerprint density at radius 1 is 1.43 bits per heavy atom. The fraction of sp³-hybridized carbons (Fsp3) is 0.800. The van der Waals surface area contributed by atoms with Crippen LogP contribution in [0.1, 0.15) is 37.9 Å². The summed E-state index contributed by atoms with van der Waals surface area (Å²) in [5.74, 6) is 1.28. The molecule has 128 valence electrons. The molecule has 0 spiro atoms. The van der Waals surface area contributed by atoms with Gasteiger partial charge in [0.25, 0.3) is 0 Å². The van der Waals surface area contributed by atoms with E-state index in [0.717, 1.165) is 13.0 Å². The molecule has 2 atom stereocenters. The number of nitrogens with one attached hydrogen (secondary N) is 2. The van der Waals surface area contributed by atoms with Crippen LogP contribution in [-0.4, -0.2) is 53.1 Å². The van der Waals surface area contributed by atoms with Gasteiger partial charge in [0, 0.05) is 26.1 Å². The molecule has 0 bridgehead atoms. The van der Waals surface area contributed by atoms with Gasteiger partial charge in [0.15, 0.2) is 0 Å². The molecule has 7 nitrogen and oxygen atoms in total. The molecule has 1 aliphatic heterocycles. The second-order valence-corrected chi connectivity index (χ2v) is 6.60. The van der Waals surface area contributed by atoms with Gasteiger partial charge in [0.05, 0.1) is 18.8 Å². The van der Waals surface area contributed by atoms with Crippen LogP contribution in [0.15, 0.2) is 0 Å². The molecule has 3 rings (SSSR count). The first-order chi connectivity index (χ1) is 11.2. The molecule has 2 N–H and O–H groups in total. The Labute approximate surface area is 140 Å². The topological polar surface area (TPSA) is 89.1 Å². The molecular weight excluding hydrogens is 320 g/mol. The van der Waals surface area contributed by atoms with E-state index in [2.05, 4.69) is 20.5 Å². The third-order valence-corrected chi connectivity index (χ3v) is 4.67. The monoisotopic (exact) mass is 342 g/mol. The van der Waals surface area contributed by atoms with Gasteiger partial charge in [-0.3, -0.25) is 9.89 Å². The number of rotatable bonds is 7. The van der Waals surface area contributed by atoms with E-state index >= 15 is 0 Å². The van der Waals surface area contributed by atoms with Crippen LogP contribution in [0.4, 0.5) is 0 Å². The Morgan fingerprint density at radius 3 is 3.00 bits per heavy atom. The van der Waals surface area contributed by atoms with Crippen LogP contribution < -0.4 is 5.32 Å². The lowest BCUT2D eigenvalue weighted by molar-refractivity contribution is -0.127. The van der Waals surface area contributed by atoms with E-state index in [1.54, 1.807) is 0 Å². The number of hydrogen-bond acceptors (Lipinski definition) is 5. The minimum Gasteiger partial charge on any atom is -0.379 e. The molecule has 0 radical (unpaired) electrons. The predicted molar refractivity (Wildman–Crippen MR) is 84.2 cm³/mol. The minimum absolute atomic E-state index is 0.0368. The molecule has 2 heterocycles. The average molecular weight is 343 g/mol. The molecule has 2 aliphatic rings. The highest BCUT2D eigenvalue weighted by Gasteiger charge is 2.29. The van der Waals surface area contributed by atoms with Gasteiger partial charge in [-0.05, 0) is 36.8 Å². The third-order valence-electron chi connectivity index (χ3n) is 4.50. The number of halogens is 1. The normalized spacial score (nSPS) is 25.1. The SMILES string of the molecule is O=C(CCc1nc(Cl)n[nH]1)N[C@@H]1COCC[C@@H]1OCC1CCC1. The Hall–Kier alpha value is -1.18. The first-order valence-corrected chi connectivity index (χ1v) is 8.64. The number of aromatic nitrogens is 3. The minimum atomic E-state index is -0.0744. The molecule has 23 heavy (non-hydrogen) atoms. The molecule has 8 heteroatoms. The average Bonchev–Trinajstić information content (AvgIpc) is 2.91. The van der Waals surface area contributed by atoms with Crippen LogP contribution in [0.25, 0.3) is 0 Å². The zero-order valence-electron chi connectivity index (χ0n) is 13.1. The largest absolute Gasteiger partial charge is 0.379 e. The van der Waals surface area contributed by atoms with Crippen molar-refractivity contribution >= 4 is 17.5 Å². The van der Waals surface area contributed by atoms with Crippen LogP contribution in [0.2, 0.25) is 5.28 Å². The van der Waals surface area contributed by atoms with Crippen molar-refractivity contribution in [3.63, 3.8) is 0 Å². The van der Waals surface area contributed by atoms with Crippen LogP contribution in [0.5, 0.6) is 0 Å². The third kappa shape index (κ3) is 4.89. The second kappa shape index (κ2) is 8.08. The molecule has 0 unspecified atom stereocenters. The van der Waals surface area contributed by atoms with E-state index in [0.29, 0.717) is 37.8 Å². The number of aromatic amines is 1. The predicted octanol–water partition coefficient (Wildman–Crippen LogP) is 1.48. The molecule has 1 aromatic rings. The van der Waals surface area contributed by atoms with Gasteiger partial charge >= 0.3 is 0 Å². The smallest absolute Gasteiger partial charge is 0.242 e. The van der Waals surface area contributed by atoms with Gasteiger partial charge in [0.1, 0.15) is 5.82 Å². The van der Waals surface area contributed by atoms with Crippen molar-refractivity contribution in [2.75, 3.05) is 19.8 Å². The molecule has 1 saturated carbocycles. The fourth-order valence-corrected chi connectivity index (χ4v) is 3.01. The first-order valence-electron chi connectivity index (χ1n) is 8.26. The molecule has 0 aromatic carbocycles. The quantitative estimate of drug-likeness (QED) is 0.783. The Morgan fingerprint density at radius 2 is 2.30 bits per heavy atom. The Balaban J connectivity index is 1.42. The summed E-state index contributed by atoms with van der Waals surface area (Å²) in [6, 6.07) is -0.0744. The number of nitrogens with zero attached hydrogens (tertiary/aromatic N) is 2. The van der Waals surface area contributed by atoms with E-state index in [1.807, 2.05) is 0 Å². The van der Waals surface area contributed by atoms with Gasteiger partial charge in [-0.1, -0.05) is 6.42 Å². The lowest BCUT2D eigenvalue weighted by Gasteiger charge is -2.34. The highest BCUT2D eigenvalue weighted by atomic mass is 35.5. The van der Waals surface area contributed by atoms with Crippen molar-refractivity contribution in [1.29, 1.82) is 0 Å². The lowest BCUT2D eigenvalue weighted by Crippen LogP contribution is -2.51. The summed E-state index contributed by atoms with van der Waals surface area (Å²) in [4.78, 5) is 16.1. The molecule has 1 aliphatic carbocycles. The van der Waals surface area contributed by atoms with Crippen molar-refractivity contribution in [3.8, 4) is 0 Å². The van der Waals surface area contributed by atoms with Crippen LogP contribution in [0.3, 0.4) is 0 Å². The van der Waals surface area contributed by atoms with Gasteiger partial charge in [-0.25, -0.2) is 4.98 Å². The summed E-state index contributed by atoms with van der Waals surface area (Å²) < 4.78 is 11.5. The fourth-order valence-electron chi connectivity index (χ4n) is 2.87. The van der Waals surface area contributed by atoms with Crippen molar-refractivity contribution < 1.29 is 14.3 Å². The summed E-state index contributed by atoms with van der Waals surface area (Å²) in [6.45, 7) is 2.00. The molecule has 1 amide bonds. The number of hydrogen-bond donors (Lipinski definition) is 2. The standard InChI is InChI=1S/C15H23ClN4O3/c16-15-18-13(19-20-15)4-5-14(21)17-11-9-22-7-6-12(11)23-8-10-2-1-3-10/h10-12H,1-9H2,(H,17,21)(H,18,19,20)/t11-,12+/m1/s1. The summed E-state index contributed by atoms with van der Waals surface area (Å²) in [7, 11) is 0. The maximum absolute atomic E-state index is 12.1. The lowest BCUT2D eigenvalue weighted by atomic mass is 9.86. The molecule has 1 saturated heterocycles. The Kier molecular flexibility index (Phi) is 5.85. The van der Waals surface area contributed by atoms with Gasteiger partial charge < -0.3 is 14.8 Å². The first kappa shape index (κ1) is 16.7. The van der Waals surface area contributed by atoms with Crippen molar-refractivity contribution in [1.82, 2.24) is 20.5 Å². The van der Waals surface area contributed by atoms with Gasteiger partial charge in [-0.2, -0.15) is 0 Å². The van der Waals surface area contributed by atoms with Gasteiger partial charge in [-0.15, -0.1) is 5.10 Å². The molecule has 1 aromatic heterocycles. The van der Waals surface area contributed by atoms with Crippen LogP contribution in [0, 0.1) is 5.92 Å². The summed E-state index contributed by atoms with van der Waals surface area (Å²) in [5, 5.41) is 9.62. The number of aryl methyl sites for hydroxylation is 1. The van der Waals surface area contributed by atoms with Crippen molar-refractivity contribution in [3.05, 3.63) is 11.1 Å². The maximum Gasteiger partial charge on any atom is 0.242 e. The summed E-state index contributed by atoms with van der Waals surface area (Å²) in [5.41, 5.74) is 0. The number of ether oxygens (including phenoxy) is 2. The number of H-pyrrole nitrogens is 1. The zero-order chi connectivity index (χ0) is 16.1. The highest BCUT2D eigenvalue weighted by Crippen LogP contribution is 2.27. The van der Waals surface area contributed by atoms with Crippen molar-refractivity contribution in [2.45, 2.75) is 50.7 Å². The second-order valence-electron chi connectivity index (χ2n) is 6.26. The van der Waals surface area contributed by atoms with E-state index in [-0.39, 0.29) is 23.3 Å². The Bertz CT molecular complexity index is 521. The number of carbonyl (C=O) groups is 1. The summed E-state index contributed by atoms with van der Waals surface area (Å²) in [6.07, 6.45) is 5.53. The van der Waals surface area contributed by atoms with E-state index in [1.165, 1.54) is 19.3 Å². The van der Waals surface area contributed by atoms with Gasteiger partial charge in [0.2, 0.25) is 11.2 Å². The highest BCUT2D eigenvalue weighted by molar-refractivity contribution is 6.28. The number of amides is 1. The van der Waals surface area contributed by atoms with E-state index in [9.17, 15) is 4.79 Å². The summed E-state index contributed by atoms with van der Waals surface area (Å²) >= 11 is 5.64.